The van der Waals surface area contributed by atoms with Crippen LogP contribution in [0.5, 0.6) is 0 Å². The van der Waals surface area contributed by atoms with Crippen LogP contribution in [0.1, 0.15) is 31.2 Å². The van der Waals surface area contributed by atoms with Crippen LogP contribution in [-0.2, 0) is 11.2 Å². The molecule has 0 saturated carbocycles. The van der Waals surface area contributed by atoms with Crippen LogP contribution >= 0.6 is 15.9 Å². The number of carbonyl (C=O) groups excluding carboxylic acids is 1. The second kappa shape index (κ2) is 6.43. The first-order valence-electron chi connectivity index (χ1n) is 6.37. The molecule has 1 unspecified atom stereocenters. The maximum Gasteiger partial charge on any atom is 0.154 e. The summed E-state index contributed by atoms with van der Waals surface area (Å²) in [5, 5.41) is 3.25. The van der Waals surface area contributed by atoms with Gasteiger partial charge in [-0.1, -0.05) is 28.8 Å². The lowest BCUT2D eigenvalue weighted by atomic mass is 10.00. The minimum atomic E-state index is -0.305. The van der Waals surface area contributed by atoms with Gasteiger partial charge in [-0.25, -0.2) is 4.39 Å². The molecule has 0 aliphatic carbocycles. The molecule has 18 heavy (non-hydrogen) atoms. The number of carbonyl (C=O) groups is 1. The Labute approximate surface area is 115 Å². The molecule has 1 fully saturated rings. The number of hydrogen-bond acceptors (Lipinski definition) is 2. The van der Waals surface area contributed by atoms with Gasteiger partial charge < -0.3 is 5.32 Å². The summed E-state index contributed by atoms with van der Waals surface area (Å²) in [6.07, 6.45) is 4.40. The molecule has 1 aromatic carbocycles. The summed E-state index contributed by atoms with van der Waals surface area (Å²) >= 11 is 3.30. The molecule has 1 aliphatic heterocycles. The predicted molar refractivity (Wildman–Crippen MR) is 73.1 cm³/mol. The van der Waals surface area contributed by atoms with Gasteiger partial charge in [0.05, 0.1) is 6.04 Å². The quantitative estimate of drug-likeness (QED) is 0.928. The number of ketones is 1. The second-order valence-corrected chi connectivity index (χ2v) is 5.65. The van der Waals surface area contributed by atoms with Crippen molar-refractivity contribution in [1.82, 2.24) is 5.32 Å². The van der Waals surface area contributed by atoms with Crippen LogP contribution in [0.3, 0.4) is 0 Å². The molecule has 2 nitrogen and oxygen atoms in total. The lowest BCUT2D eigenvalue weighted by Gasteiger charge is -2.14. The molecule has 0 amide bonds. The molecule has 2 rings (SSSR count). The number of nitrogens with one attached hydrogen (secondary N) is 1. The number of Topliss-reactive ketones (excluding diaryl/α,β-unsaturated/α-hetero) is 1. The van der Waals surface area contributed by atoms with Crippen LogP contribution in [0.15, 0.2) is 22.7 Å². The lowest BCUT2D eigenvalue weighted by Crippen LogP contribution is -2.37. The minimum absolute atomic E-state index is 0.0916. The molecule has 0 aromatic heterocycles. The lowest BCUT2D eigenvalue weighted by molar-refractivity contribution is -0.120. The van der Waals surface area contributed by atoms with Crippen molar-refractivity contribution in [3.8, 4) is 0 Å². The van der Waals surface area contributed by atoms with Crippen molar-refractivity contribution in [3.05, 3.63) is 34.1 Å². The third-order valence-electron chi connectivity index (χ3n) is 3.32. The maximum absolute atomic E-state index is 13.6. The Morgan fingerprint density at radius 3 is 3.06 bits per heavy atom. The Morgan fingerprint density at radius 2 is 2.22 bits per heavy atom. The third-order valence-corrected chi connectivity index (χ3v) is 3.81. The first-order chi connectivity index (χ1) is 8.66. The van der Waals surface area contributed by atoms with Crippen molar-refractivity contribution < 1.29 is 9.18 Å². The van der Waals surface area contributed by atoms with Crippen molar-refractivity contribution in [2.24, 2.45) is 0 Å². The van der Waals surface area contributed by atoms with Gasteiger partial charge in [-0.15, -0.1) is 0 Å². The SMILES string of the molecule is O=C(Cc1cc(Br)ccc1F)C1CCCCCN1. The van der Waals surface area contributed by atoms with E-state index in [0.717, 1.165) is 30.3 Å². The summed E-state index contributed by atoms with van der Waals surface area (Å²) in [6, 6.07) is 4.62. The predicted octanol–water partition coefficient (Wildman–Crippen LogP) is 3.23. The second-order valence-electron chi connectivity index (χ2n) is 4.73. The normalized spacial score (nSPS) is 20.4. The molecule has 0 bridgehead atoms. The Hall–Kier alpha value is -0.740. The summed E-state index contributed by atoms with van der Waals surface area (Å²) in [4.78, 5) is 12.1. The smallest absolute Gasteiger partial charge is 0.154 e. The van der Waals surface area contributed by atoms with Gasteiger partial charge in [-0.2, -0.15) is 0 Å². The zero-order valence-corrected chi connectivity index (χ0v) is 11.8. The van der Waals surface area contributed by atoms with Gasteiger partial charge in [0.15, 0.2) is 5.78 Å². The molecule has 98 valence electrons. The fourth-order valence-corrected chi connectivity index (χ4v) is 2.70. The number of benzene rings is 1. The van der Waals surface area contributed by atoms with Crippen LogP contribution in [-0.4, -0.2) is 18.4 Å². The van der Waals surface area contributed by atoms with Gasteiger partial charge in [0.2, 0.25) is 0 Å². The van der Waals surface area contributed by atoms with Gasteiger partial charge in [-0.05, 0) is 43.1 Å². The largest absolute Gasteiger partial charge is 0.307 e. The zero-order valence-electron chi connectivity index (χ0n) is 10.2. The van der Waals surface area contributed by atoms with Crippen LogP contribution in [0.2, 0.25) is 0 Å². The standard InChI is InChI=1S/C14H17BrFNO/c15-11-5-6-12(16)10(8-11)9-14(18)13-4-2-1-3-7-17-13/h5-6,8,13,17H,1-4,7,9H2. The van der Waals surface area contributed by atoms with Crippen LogP contribution in [0.25, 0.3) is 0 Å². The first-order valence-corrected chi connectivity index (χ1v) is 7.16. The van der Waals surface area contributed by atoms with Gasteiger partial charge >= 0.3 is 0 Å². The average Bonchev–Trinajstić information content (AvgIpc) is 2.62. The van der Waals surface area contributed by atoms with E-state index in [1.54, 1.807) is 12.1 Å². The highest BCUT2D eigenvalue weighted by Crippen LogP contribution is 2.18. The number of hydrogen-bond donors (Lipinski definition) is 1. The van der Waals surface area contributed by atoms with Crippen LogP contribution in [0.4, 0.5) is 4.39 Å². The Balaban J connectivity index is 2.03. The summed E-state index contributed by atoms with van der Waals surface area (Å²) in [7, 11) is 0. The monoisotopic (exact) mass is 313 g/mol. The first kappa shape index (κ1) is 13.7. The summed E-state index contributed by atoms with van der Waals surface area (Å²) < 4.78 is 14.4. The molecule has 1 aromatic rings. The van der Waals surface area contributed by atoms with Crippen molar-refractivity contribution in [2.75, 3.05) is 6.54 Å². The average molecular weight is 314 g/mol. The highest BCUT2D eigenvalue weighted by molar-refractivity contribution is 9.10. The third kappa shape index (κ3) is 3.62. The highest BCUT2D eigenvalue weighted by Gasteiger charge is 2.20. The Morgan fingerprint density at radius 1 is 1.39 bits per heavy atom. The van der Waals surface area contributed by atoms with Crippen molar-refractivity contribution in [1.29, 1.82) is 0 Å². The molecular formula is C14H17BrFNO. The van der Waals surface area contributed by atoms with E-state index in [1.165, 1.54) is 12.5 Å². The van der Waals surface area contributed by atoms with E-state index in [1.807, 2.05) is 0 Å². The highest BCUT2D eigenvalue weighted by atomic mass is 79.9. The van der Waals surface area contributed by atoms with Crippen molar-refractivity contribution in [3.63, 3.8) is 0 Å². The van der Waals surface area contributed by atoms with E-state index in [4.69, 9.17) is 0 Å². The molecule has 0 radical (unpaired) electrons. The summed E-state index contributed by atoms with van der Waals surface area (Å²) in [5.74, 6) is -0.214. The Kier molecular flexibility index (Phi) is 4.89. The maximum atomic E-state index is 13.6. The van der Waals surface area contributed by atoms with Crippen LogP contribution in [0, 0.1) is 5.82 Å². The number of rotatable bonds is 3. The van der Waals surface area contributed by atoms with E-state index in [0.29, 0.717) is 5.56 Å². The van der Waals surface area contributed by atoms with E-state index in [9.17, 15) is 9.18 Å². The molecule has 4 heteroatoms. The fraction of sp³-hybridized carbons (Fsp3) is 0.500. The van der Waals surface area contributed by atoms with Crippen molar-refractivity contribution in [2.45, 2.75) is 38.1 Å². The summed E-state index contributed by atoms with van der Waals surface area (Å²) in [5.41, 5.74) is 0.473. The molecule has 1 atom stereocenters. The van der Waals surface area contributed by atoms with Gasteiger partial charge in [0.1, 0.15) is 5.82 Å². The van der Waals surface area contributed by atoms with Crippen molar-refractivity contribution >= 4 is 21.7 Å². The van der Waals surface area contributed by atoms with Gasteiger partial charge in [0.25, 0.3) is 0 Å². The molecule has 1 saturated heterocycles. The number of halogens is 2. The zero-order chi connectivity index (χ0) is 13.0. The fourth-order valence-electron chi connectivity index (χ4n) is 2.29. The molecular weight excluding hydrogens is 297 g/mol. The van der Waals surface area contributed by atoms with E-state index < -0.39 is 0 Å². The van der Waals surface area contributed by atoms with E-state index >= 15 is 0 Å². The molecule has 1 N–H and O–H groups in total. The topological polar surface area (TPSA) is 29.1 Å². The molecule has 1 aliphatic rings. The van der Waals surface area contributed by atoms with Crippen LogP contribution < -0.4 is 5.32 Å². The van der Waals surface area contributed by atoms with E-state index in [-0.39, 0.29) is 24.1 Å². The molecule has 0 spiro atoms. The van der Waals surface area contributed by atoms with Gasteiger partial charge in [-0.3, -0.25) is 4.79 Å². The van der Waals surface area contributed by atoms with Gasteiger partial charge in [0, 0.05) is 10.9 Å². The molecule has 1 heterocycles. The summed E-state index contributed by atoms with van der Waals surface area (Å²) in [6.45, 7) is 0.886. The van der Waals surface area contributed by atoms with E-state index in [2.05, 4.69) is 21.2 Å². The Bertz CT molecular complexity index is 428. The minimum Gasteiger partial charge on any atom is -0.307 e.